The quantitative estimate of drug-likeness (QED) is 0.639. The van der Waals surface area contributed by atoms with E-state index in [1.54, 1.807) is 6.07 Å². The third kappa shape index (κ3) is 3.87. The molecule has 0 bridgehead atoms. The second-order valence-electron chi connectivity index (χ2n) is 8.07. The normalized spacial score (nSPS) is 34.1. The summed E-state index contributed by atoms with van der Waals surface area (Å²) < 4.78 is 13.6. The maximum absolute atomic E-state index is 13.6. The third-order valence-corrected chi connectivity index (χ3v) is 6.45. The lowest BCUT2D eigenvalue weighted by Gasteiger charge is -2.38. The number of rotatable bonds is 4. The van der Waals surface area contributed by atoms with Gasteiger partial charge in [0.15, 0.2) is 0 Å². The van der Waals surface area contributed by atoms with Gasteiger partial charge in [-0.2, -0.15) is 0 Å². The Labute approximate surface area is 160 Å². The van der Waals surface area contributed by atoms with E-state index in [0.717, 1.165) is 44.5 Å². The zero-order valence-corrected chi connectivity index (χ0v) is 15.9. The van der Waals surface area contributed by atoms with E-state index in [9.17, 15) is 9.18 Å². The van der Waals surface area contributed by atoms with Gasteiger partial charge >= 0.3 is 0 Å². The molecule has 0 saturated carbocycles. The van der Waals surface area contributed by atoms with Crippen LogP contribution in [0.2, 0.25) is 0 Å². The molecule has 0 aromatic heterocycles. The molecule has 27 heavy (non-hydrogen) atoms. The van der Waals surface area contributed by atoms with Crippen LogP contribution < -0.4 is 21.7 Å². The first-order valence-corrected chi connectivity index (χ1v) is 10.2. The van der Waals surface area contributed by atoms with Gasteiger partial charge in [0.05, 0.1) is 12.0 Å². The number of nitrogens with zero attached hydrogens (tertiary/aromatic N) is 1. The molecule has 3 aliphatic heterocycles. The molecular formula is C20H30FN5O. The van der Waals surface area contributed by atoms with Gasteiger partial charge in [-0.15, -0.1) is 0 Å². The lowest BCUT2D eigenvalue weighted by molar-refractivity contribution is -0.137. The SMILES string of the molecule is CCC1CNNC1C1CCCN(C(=O)C2CNNC2c2cccc(F)c2)C1. The zero-order valence-electron chi connectivity index (χ0n) is 15.9. The Hall–Kier alpha value is -1.54. The van der Waals surface area contributed by atoms with E-state index in [0.29, 0.717) is 24.4 Å². The maximum Gasteiger partial charge on any atom is 0.229 e. The largest absolute Gasteiger partial charge is 0.342 e. The van der Waals surface area contributed by atoms with E-state index < -0.39 is 0 Å². The van der Waals surface area contributed by atoms with Crippen molar-refractivity contribution in [1.82, 2.24) is 26.6 Å². The number of amides is 1. The van der Waals surface area contributed by atoms with E-state index >= 15 is 0 Å². The Morgan fingerprint density at radius 2 is 2.11 bits per heavy atom. The summed E-state index contributed by atoms with van der Waals surface area (Å²) in [4.78, 5) is 15.3. The van der Waals surface area contributed by atoms with Crippen LogP contribution in [0.25, 0.3) is 0 Å². The van der Waals surface area contributed by atoms with Crippen LogP contribution in [0, 0.1) is 23.6 Å². The van der Waals surface area contributed by atoms with E-state index in [-0.39, 0.29) is 23.7 Å². The minimum absolute atomic E-state index is 0.172. The predicted octanol–water partition coefficient (Wildman–Crippen LogP) is 1.33. The molecule has 5 atom stereocenters. The van der Waals surface area contributed by atoms with Crippen LogP contribution in [-0.4, -0.2) is 43.0 Å². The first-order chi connectivity index (χ1) is 13.2. The summed E-state index contributed by atoms with van der Waals surface area (Å²) in [6.45, 7) is 5.43. The topological polar surface area (TPSA) is 68.4 Å². The molecule has 3 aliphatic rings. The second-order valence-corrected chi connectivity index (χ2v) is 8.07. The summed E-state index contributed by atoms with van der Waals surface area (Å²) in [5, 5.41) is 0. The fourth-order valence-corrected chi connectivity index (χ4v) is 4.93. The molecule has 0 aliphatic carbocycles. The summed E-state index contributed by atoms with van der Waals surface area (Å²) in [6.07, 6.45) is 3.35. The monoisotopic (exact) mass is 375 g/mol. The van der Waals surface area contributed by atoms with Crippen molar-refractivity contribution in [2.45, 2.75) is 38.3 Å². The molecule has 1 aromatic carbocycles. The highest BCUT2D eigenvalue weighted by atomic mass is 19.1. The molecule has 1 amide bonds. The molecule has 5 unspecified atom stereocenters. The molecular weight excluding hydrogens is 345 g/mol. The van der Waals surface area contributed by atoms with E-state index in [1.807, 2.05) is 11.0 Å². The van der Waals surface area contributed by atoms with Crippen molar-refractivity contribution in [2.24, 2.45) is 17.8 Å². The van der Waals surface area contributed by atoms with Gasteiger partial charge in [0.1, 0.15) is 5.82 Å². The van der Waals surface area contributed by atoms with Crippen LogP contribution in [0.3, 0.4) is 0 Å². The third-order valence-electron chi connectivity index (χ3n) is 6.45. The Morgan fingerprint density at radius 3 is 2.93 bits per heavy atom. The summed E-state index contributed by atoms with van der Waals surface area (Å²) in [7, 11) is 0. The number of hydrogen-bond acceptors (Lipinski definition) is 5. The van der Waals surface area contributed by atoms with Gasteiger partial charge in [0.25, 0.3) is 0 Å². The van der Waals surface area contributed by atoms with Gasteiger partial charge in [0.2, 0.25) is 5.91 Å². The van der Waals surface area contributed by atoms with Crippen molar-refractivity contribution in [2.75, 3.05) is 26.2 Å². The summed E-state index contributed by atoms with van der Waals surface area (Å²) in [5.74, 6) is 0.806. The van der Waals surface area contributed by atoms with E-state index in [2.05, 4.69) is 28.6 Å². The summed E-state index contributed by atoms with van der Waals surface area (Å²) >= 11 is 0. The van der Waals surface area contributed by atoms with Crippen molar-refractivity contribution in [3.8, 4) is 0 Å². The summed E-state index contributed by atoms with van der Waals surface area (Å²) in [5.41, 5.74) is 13.8. The van der Waals surface area contributed by atoms with Gasteiger partial charge in [-0.05, 0) is 42.4 Å². The van der Waals surface area contributed by atoms with Gasteiger partial charge in [-0.25, -0.2) is 9.82 Å². The van der Waals surface area contributed by atoms with Crippen molar-refractivity contribution in [3.63, 3.8) is 0 Å². The van der Waals surface area contributed by atoms with Crippen LogP contribution in [-0.2, 0) is 4.79 Å². The fraction of sp³-hybridized carbons (Fsp3) is 0.650. The highest BCUT2D eigenvalue weighted by Gasteiger charge is 2.40. The summed E-state index contributed by atoms with van der Waals surface area (Å²) in [6, 6.07) is 6.78. The van der Waals surface area contributed by atoms with Crippen molar-refractivity contribution in [3.05, 3.63) is 35.6 Å². The number of nitrogens with one attached hydrogen (secondary N) is 4. The molecule has 1 aromatic rings. The first-order valence-electron chi connectivity index (χ1n) is 10.2. The van der Waals surface area contributed by atoms with Crippen molar-refractivity contribution >= 4 is 5.91 Å². The Morgan fingerprint density at radius 1 is 1.26 bits per heavy atom. The van der Waals surface area contributed by atoms with Crippen molar-refractivity contribution < 1.29 is 9.18 Å². The smallest absolute Gasteiger partial charge is 0.229 e. The minimum atomic E-state index is -0.268. The maximum atomic E-state index is 13.6. The zero-order chi connectivity index (χ0) is 18.8. The standard InChI is InChI=1S/C20H30FN5O/c1-2-13-10-22-24-18(13)15-6-4-8-26(12-15)20(27)17-11-23-25-19(17)14-5-3-7-16(21)9-14/h3,5,7,9,13,15,17-19,22-25H,2,4,6,8,10-12H2,1H3. The van der Waals surface area contributed by atoms with Gasteiger partial charge in [-0.1, -0.05) is 25.5 Å². The number of hydrazine groups is 2. The lowest BCUT2D eigenvalue weighted by Crippen LogP contribution is -2.50. The molecule has 3 saturated heterocycles. The van der Waals surface area contributed by atoms with Crippen LogP contribution in [0.5, 0.6) is 0 Å². The Kier molecular flexibility index (Phi) is 5.73. The predicted molar refractivity (Wildman–Crippen MR) is 102 cm³/mol. The van der Waals surface area contributed by atoms with Gasteiger partial charge < -0.3 is 4.90 Å². The number of likely N-dealkylation sites (tertiary alicyclic amines) is 1. The highest BCUT2D eigenvalue weighted by molar-refractivity contribution is 5.80. The second kappa shape index (κ2) is 8.22. The number of carbonyl (C=O) groups excluding carboxylic acids is 1. The first kappa shape index (κ1) is 18.8. The van der Waals surface area contributed by atoms with Crippen LogP contribution in [0.4, 0.5) is 4.39 Å². The number of halogens is 1. The Balaban J connectivity index is 1.45. The molecule has 4 rings (SSSR count). The number of hydrogen-bond donors (Lipinski definition) is 4. The number of piperidine rings is 1. The molecule has 0 spiro atoms. The average Bonchev–Trinajstić information content (AvgIpc) is 3.36. The van der Waals surface area contributed by atoms with E-state index in [1.165, 1.54) is 12.1 Å². The van der Waals surface area contributed by atoms with Gasteiger partial charge in [0, 0.05) is 32.2 Å². The molecule has 148 valence electrons. The minimum Gasteiger partial charge on any atom is -0.342 e. The molecule has 3 heterocycles. The molecule has 3 fully saturated rings. The Bertz CT molecular complexity index is 672. The fourth-order valence-electron chi connectivity index (χ4n) is 4.93. The molecule has 0 radical (unpaired) electrons. The van der Waals surface area contributed by atoms with Crippen LogP contribution in [0.1, 0.15) is 37.8 Å². The molecule has 6 nitrogen and oxygen atoms in total. The van der Waals surface area contributed by atoms with Gasteiger partial charge in [-0.3, -0.25) is 21.1 Å². The van der Waals surface area contributed by atoms with Crippen LogP contribution >= 0.6 is 0 Å². The number of benzene rings is 1. The molecule has 4 N–H and O–H groups in total. The average molecular weight is 375 g/mol. The van der Waals surface area contributed by atoms with Crippen LogP contribution in [0.15, 0.2) is 24.3 Å². The number of carbonyl (C=O) groups is 1. The lowest BCUT2D eigenvalue weighted by atomic mass is 9.82. The molecule has 7 heteroatoms. The van der Waals surface area contributed by atoms with Crippen molar-refractivity contribution in [1.29, 1.82) is 0 Å². The highest BCUT2D eigenvalue weighted by Crippen LogP contribution is 2.31. The van der Waals surface area contributed by atoms with E-state index in [4.69, 9.17) is 0 Å².